The zero-order chi connectivity index (χ0) is 11.0. The van der Waals surface area contributed by atoms with Crippen molar-refractivity contribution in [1.82, 2.24) is 9.88 Å². The first-order valence-electron chi connectivity index (χ1n) is 5.64. The van der Waals surface area contributed by atoms with Crippen molar-refractivity contribution in [3.05, 3.63) is 34.1 Å². The lowest BCUT2D eigenvalue weighted by atomic mass is 10.3. The van der Waals surface area contributed by atoms with Crippen molar-refractivity contribution in [2.75, 3.05) is 6.54 Å². The van der Waals surface area contributed by atoms with Gasteiger partial charge in [-0.2, -0.15) is 0 Å². The smallest absolute Gasteiger partial charge is 0.259 e. The molecule has 2 heterocycles. The van der Waals surface area contributed by atoms with E-state index in [2.05, 4.69) is 5.32 Å². The van der Waals surface area contributed by atoms with Crippen molar-refractivity contribution < 1.29 is 0 Å². The molecule has 0 aliphatic heterocycles. The van der Waals surface area contributed by atoms with Gasteiger partial charge in [0.25, 0.3) is 5.56 Å². The molecule has 1 N–H and O–H groups in total. The third-order valence-corrected chi connectivity index (χ3v) is 3.84. The topological polar surface area (TPSA) is 34.0 Å². The van der Waals surface area contributed by atoms with Gasteiger partial charge >= 0.3 is 0 Å². The molecule has 0 atom stereocenters. The fourth-order valence-electron chi connectivity index (χ4n) is 1.86. The summed E-state index contributed by atoms with van der Waals surface area (Å²) in [6.07, 6.45) is 4.48. The zero-order valence-corrected chi connectivity index (χ0v) is 9.80. The van der Waals surface area contributed by atoms with Crippen LogP contribution in [0, 0.1) is 0 Å². The second-order valence-electron chi connectivity index (χ2n) is 4.24. The minimum absolute atomic E-state index is 0.136. The van der Waals surface area contributed by atoms with Crippen LogP contribution in [0.1, 0.15) is 12.8 Å². The Hall–Kier alpha value is -1.13. The lowest BCUT2D eigenvalue weighted by Gasteiger charge is -2.06. The molecule has 2 aromatic heterocycles. The van der Waals surface area contributed by atoms with Gasteiger partial charge in [-0.3, -0.25) is 4.79 Å². The summed E-state index contributed by atoms with van der Waals surface area (Å²) in [6, 6.07) is 4.65. The van der Waals surface area contributed by atoms with Gasteiger partial charge in [0.05, 0.1) is 5.39 Å². The van der Waals surface area contributed by atoms with E-state index in [0.717, 1.165) is 23.2 Å². The van der Waals surface area contributed by atoms with Crippen LogP contribution in [-0.2, 0) is 6.54 Å². The van der Waals surface area contributed by atoms with Crippen LogP contribution in [0.2, 0.25) is 0 Å². The van der Waals surface area contributed by atoms with E-state index in [4.69, 9.17) is 0 Å². The van der Waals surface area contributed by atoms with Gasteiger partial charge in [-0.25, -0.2) is 0 Å². The van der Waals surface area contributed by atoms with Crippen LogP contribution in [0.25, 0.3) is 10.1 Å². The first-order chi connectivity index (χ1) is 7.84. The molecule has 0 saturated heterocycles. The van der Waals surface area contributed by atoms with E-state index in [1.165, 1.54) is 12.8 Å². The van der Waals surface area contributed by atoms with Crippen molar-refractivity contribution in [3.8, 4) is 0 Å². The average Bonchev–Trinajstić information content (AvgIpc) is 2.97. The first-order valence-corrected chi connectivity index (χ1v) is 6.52. The number of nitrogens with one attached hydrogen (secondary N) is 1. The average molecular weight is 234 g/mol. The summed E-state index contributed by atoms with van der Waals surface area (Å²) in [5, 5.41) is 6.23. The normalized spacial score (nSPS) is 15.8. The quantitative estimate of drug-likeness (QED) is 0.875. The molecule has 1 saturated carbocycles. The zero-order valence-electron chi connectivity index (χ0n) is 8.98. The van der Waals surface area contributed by atoms with Crippen LogP contribution in [0.3, 0.4) is 0 Å². The number of pyridine rings is 1. The van der Waals surface area contributed by atoms with Crippen LogP contribution in [-0.4, -0.2) is 17.2 Å². The highest BCUT2D eigenvalue weighted by Gasteiger charge is 2.19. The van der Waals surface area contributed by atoms with Crippen LogP contribution >= 0.6 is 11.3 Å². The van der Waals surface area contributed by atoms with Crippen molar-refractivity contribution in [3.63, 3.8) is 0 Å². The van der Waals surface area contributed by atoms with Crippen molar-refractivity contribution in [2.24, 2.45) is 0 Å². The molecule has 0 aromatic carbocycles. The first kappa shape index (κ1) is 10.1. The molecule has 1 aliphatic rings. The Morgan fingerprint density at radius 1 is 1.44 bits per heavy atom. The van der Waals surface area contributed by atoms with E-state index < -0.39 is 0 Å². The van der Waals surface area contributed by atoms with E-state index in [-0.39, 0.29) is 5.56 Å². The highest BCUT2D eigenvalue weighted by atomic mass is 32.1. The predicted octanol–water partition coefficient (Wildman–Crippen LogP) is 1.81. The lowest BCUT2D eigenvalue weighted by molar-refractivity contribution is 0.585. The lowest BCUT2D eigenvalue weighted by Crippen LogP contribution is -2.27. The second-order valence-corrected chi connectivity index (χ2v) is 5.19. The van der Waals surface area contributed by atoms with Crippen molar-refractivity contribution in [2.45, 2.75) is 25.4 Å². The van der Waals surface area contributed by atoms with Crippen LogP contribution < -0.4 is 10.9 Å². The number of aromatic nitrogens is 1. The Kier molecular flexibility index (Phi) is 2.53. The van der Waals surface area contributed by atoms with E-state index in [1.807, 2.05) is 23.7 Å². The van der Waals surface area contributed by atoms with Gasteiger partial charge in [-0.15, -0.1) is 11.3 Å². The Morgan fingerprint density at radius 2 is 2.31 bits per heavy atom. The molecular weight excluding hydrogens is 220 g/mol. The number of hydrogen-bond acceptors (Lipinski definition) is 3. The number of rotatable bonds is 4. The SMILES string of the molecule is O=c1c2ccsc2ccn1CCNC1CC1. The van der Waals surface area contributed by atoms with Gasteiger partial charge in [0.15, 0.2) is 0 Å². The van der Waals surface area contributed by atoms with Gasteiger partial charge in [-0.1, -0.05) is 0 Å². The number of thiophene rings is 1. The largest absolute Gasteiger partial charge is 0.314 e. The molecule has 3 rings (SSSR count). The molecule has 0 radical (unpaired) electrons. The molecule has 1 fully saturated rings. The maximum Gasteiger partial charge on any atom is 0.259 e. The molecule has 2 aromatic rings. The molecular formula is C12H14N2OS. The number of fused-ring (bicyclic) bond motifs is 1. The summed E-state index contributed by atoms with van der Waals surface area (Å²) in [6.45, 7) is 1.65. The Morgan fingerprint density at radius 3 is 3.12 bits per heavy atom. The molecule has 0 spiro atoms. The third kappa shape index (κ3) is 1.90. The fourth-order valence-corrected chi connectivity index (χ4v) is 2.63. The minimum atomic E-state index is 0.136. The maximum absolute atomic E-state index is 12.0. The van der Waals surface area contributed by atoms with E-state index in [9.17, 15) is 4.79 Å². The van der Waals surface area contributed by atoms with E-state index in [0.29, 0.717) is 6.04 Å². The molecule has 0 amide bonds. The molecule has 0 bridgehead atoms. The summed E-state index contributed by atoms with van der Waals surface area (Å²) in [4.78, 5) is 12.0. The monoisotopic (exact) mass is 234 g/mol. The summed E-state index contributed by atoms with van der Waals surface area (Å²) < 4.78 is 2.88. The molecule has 3 nitrogen and oxygen atoms in total. The van der Waals surface area contributed by atoms with Gasteiger partial charge in [0.2, 0.25) is 0 Å². The molecule has 1 aliphatic carbocycles. The molecule has 4 heteroatoms. The number of hydrogen-bond donors (Lipinski definition) is 1. The standard InChI is InChI=1S/C12H14N2OS/c15-12-10-4-8-16-11(10)3-6-14(12)7-5-13-9-1-2-9/h3-4,6,8-9,13H,1-2,5,7H2. The Labute approximate surface area is 97.7 Å². The van der Waals surface area contributed by atoms with Crippen LogP contribution in [0.15, 0.2) is 28.5 Å². The summed E-state index contributed by atoms with van der Waals surface area (Å²) in [7, 11) is 0. The fraction of sp³-hybridized carbons (Fsp3) is 0.417. The third-order valence-electron chi connectivity index (χ3n) is 2.96. The highest BCUT2D eigenvalue weighted by molar-refractivity contribution is 7.17. The molecule has 16 heavy (non-hydrogen) atoms. The van der Waals surface area contributed by atoms with Crippen LogP contribution in [0.5, 0.6) is 0 Å². The van der Waals surface area contributed by atoms with E-state index in [1.54, 1.807) is 15.9 Å². The summed E-state index contributed by atoms with van der Waals surface area (Å²) >= 11 is 1.62. The summed E-state index contributed by atoms with van der Waals surface area (Å²) in [5.74, 6) is 0. The summed E-state index contributed by atoms with van der Waals surface area (Å²) in [5.41, 5.74) is 0.136. The van der Waals surface area contributed by atoms with Gasteiger partial charge in [0.1, 0.15) is 0 Å². The highest BCUT2D eigenvalue weighted by Crippen LogP contribution is 2.18. The molecule has 0 unspecified atom stereocenters. The predicted molar refractivity (Wildman–Crippen MR) is 67.1 cm³/mol. The Bertz CT molecular complexity index is 553. The van der Waals surface area contributed by atoms with E-state index >= 15 is 0 Å². The molecule has 84 valence electrons. The van der Waals surface area contributed by atoms with Crippen molar-refractivity contribution >= 4 is 21.4 Å². The van der Waals surface area contributed by atoms with Gasteiger partial charge in [-0.05, 0) is 30.4 Å². The Balaban J connectivity index is 1.79. The van der Waals surface area contributed by atoms with Crippen molar-refractivity contribution in [1.29, 1.82) is 0 Å². The maximum atomic E-state index is 12.0. The van der Waals surface area contributed by atoms with Gasteiger partial charge < -0.3 is 9.88 Å². The minimum Gasteiger partial charge on any atom is -0.314 e. The van der Waals surface area contributed by atoms with Crippen LogP contribution in [0.4, 0.5) is 0 Å². The van der Waals surface area contributed by atoms with Gasteiger partial charge in [0, 0.05) is 30.0 Å². The second kappa shape index (κ2) is 4.03. The number of nitrogens with zero attached hydrogens (tertiary/aromatic N) is 1.